The first kappa shape index (κ1) is 27.5. The van der Waals surface area contributed by atoms with Crippen molar-refractivity contribution in [1.82, 2.24) is 14.6 Å². The molecular weight excluding hydrogens is 571 g/mol. The Morgan fingerprint density at radius 3 is 2.55 bits per heavy atom. The van der Waals surface area contributed by atoms with E-state index in [0.717, 1.165) is 60.0 Å². The lowest BCUT2D eigenvalue weighted by Gasteiger charge is -2.33. The second-order valence-electron chi connectivity index (χ2n) is 10.4. The molecule has 2 aliphatic rings. The number of anilines is 1. The third-order valence-electron chi connectivity index (χ3n) is 7.86. The lowest BCUT2D eigenvalue weighted by atomic mass is 9.83. The molecule has 40 heavy (non-hydrogen) atoms. The van der Waals surface area contributed by atoms with E-state index in [1.165, 1.54) is 18.1 Å². The van der Waals surface area contributed by atoms with Crippen molar-refractivity contribution < 1.29 is 19.7 Å². The number of benzene rings is 2. The molecule has 210 valence electrons. The number of aliphatic hydroxyl groups is 2. The van der Waals surface area contributed by atoms with Crippen molar-refractivity contribution in [1.29, 1.82) is 0 Å². The molecule has 1 unspecified atom stereocenters. The van der Waals surface area contributed by atoms with Crippen LogP contribution in [-0.2, 0) is 0 Å². The third-order valence-corrected chi connectivity index (χ3v) is 9.67. The molecule has 4 aromatic rings. The summed E-state index contributed by atoms with van der Waals surface area (Å²) < 4.78 is 13.8. The molecule has 1 saturated carbocycles. The highest BCUT2D eigenvalue weighted by atomic mass is 35.5. The zero-order chi connectivity index (χ0) is 28.0. The number of hydrogen-bond acceptors (Lipinski definition) is 8. The molecule has 0 bridgehead atoms. The molecule has 2 aromatic carbocycles. The van der Waals surface area contributed by atoms with Crippen molar-refractivity contribution in [2.24, 2.45) is 0 Å². The van der Waals surface area contributed by atoms with Crippen LogP contribution >= 0.6 is 35.0 Å². The maximum atomic E-state index is 10.7. The van der Waals surface area contributed by atoms with Gasteiger partial charge in [0.15, 0.2) is 17.3 Å². The van der Waals surface area contributed by atoms with Gasteiger partial charge in [0.1, 0.15) is 17.6 Å². The number of ether oxygens (including phenoxy) is 2. The number of nitrogens with zero attached hydrogens (tertiary/aromatic N) is 3. The summed E-state index contributed by atoms with van der Waals surface area (Å²) in [6.07, 6.45) is 6.89. The van der Waals surface area contributed by atoms with Crippen LogP contribution in [-0.4, -0.2) is 42.8 Å². The molecule has 11 heteroatoms. The van der Waals surface area contributed by atoms with Gasteiger partial charge in [0.05, 0.1) is 22.8 Å². The van der Waals surface area contributed by atoms with Gasteiger partial charge >= 0.3 is 0 Å². The number of thioether (sulfide) groups is 1. The van der Waals surface area contributed by atoms with Gasteiger partial charge in [0.2, 0.25) is 5.12 Å². The molecule has 0 radical (unpaired) electrons. The predicted octanol–water partition coefficient (Wildman–Crippen LogP) is 6.99. The largest absolute Gasteiger partial charge is 0.493 e. The standard InChI is InChI=1S/C29H30Cl2N4O4S/c1-38-23-12-17(6-9-22(23)39-19-7-8-20(30)21(31)13-19)24-25(18-10-11-40-29(36,37)14-18)26(16-4-2-3-5-16)35-27(24)28(32)33-15-34-35/h6-9,12-13,15-16,18,36-37H,2-5,10-11,14H2,1H3,(H2,32,33,34). The SMILES string of the molecule is COc1cc(-c2c(C3CCSC(O)(O)C3)c(C3CCCC3)n3ncnc(N)c23)ccc1Oc1ccc(Cl)c(Cl)c1. The number of nitrogens with two attached hydrogens (primary N) is 1. The average molecular weight is 602 g/mol. The van der Waals surface area contributed by atoms with Gasteiger partial charge in [-0.05, 0) is 66.3 Å². The summed E-state index contributed by atoms with van der Waals surface area (Å²) in [6, 6.07) is 10.8. The molecule has 8 nitrogen and oxygen atoms in total. The number of hydrogen-bond donors (Lipinski definition) is 3. The van der Waals surface area contributed by atoms with Gasteiger partial charge in [-0.3, -0.25) is 0 Å². The fraction of sp³-hybridized carbons (Fsp3) is 0.379. The van der Waals surface area contributed by atoms with Crippen LogP contribution in [0.2, 0.25) is 10.0 Å². The van der Waals surface area contributed by atoms with E-state index in [9.17, 15) is 10.2 Å². The Bertz CT molecular complexity index is 1570. The van der Waals surface area contributed by atoms with E-state index in [0.29, 0.717) is 44.8 Å². The summed E-state index contributed by atoms with van der Waals surface area (Å²) in [5.41, 5.74) is 11.2. The van der Waals surface area contributed by atoms with Gasteiger partial charge < -0.3 is 25.4 Å². The molecule has 1 aliphatic carbocycles. The van der Waals surface area contributed by atoms with Crippen LogP contribution in [0.3, 0.4) is 0 Å². The number of nitrogen functional groups attached to an aromatic ring is 1. The van der Waals surface area contributed by atoms with Crippen molar-refractivity contribution in [2.45, 2.75) is 55.5 Å². The summed E-state index contributed by atoms with van der Waals surface area (Å²) in [7, 11) is 1.59. The van der Waals surface area contributed by atoms with Gasteiger partial charge in [0.25, 0.3) is 0 Å². The van der Waals surface area contributed by atoms with Crippen LogP contribution in [0.15, 0.2) is 42.7 Å². The van der Waals surface area contributed by atoms with Crippen LogP contribution in [0.4, 0.5) is 5.82 Å². The average Bonchev–Trinajstić information content (AvgIpc) is 3.57. The van der Waals surface area contributed by atoms with Crippen molar-refractivity contribution in [2.75, 3.05) is 18.6 Å². The Labute approximate surface area is 246 Å². The van der Waals surface area contributed by atoms with E-state index in [-0.39, 0.29) is 12.3 Å². The highest BCUT2D eigenvalue weighted by molar-refractivity contribution is 8.00. The molecule has 4 N–H and O–H groups in total. The summed E-state index contributed by atoms with van der Waals surface area (Å²) in [4.78, 5) is 4.34. The molecule has 1 aliphatic heterocycles. The highest BCUT2D eigenvalue weighted by Gasteiger charge is 2.39. The Kier molecular flexibility index (Phi) is 7.52. The minimum atomic E-state index is -1.80. The highest BCUT2D eigenvalue weighted by Crippen LogP contribution is 2.51. The fourth-order valence-corrected chi connectivity index (χ4v) is 7.46. The number of methoxy groups -OCH3 is 1. The van der Waals surface area contributed by atoms with Crippen molar-refractivity contribution in [3.63, 3.8) is 0 Å². The minimum absolute atomic E-state index is 0.0962. The van der Waals surface area contributed by atoms with Crippen molar-refractivity contribution in [3.8, 4) is 28.4 Å². The van der Waals surface area contributed by atoms with Crippen LogP contribution < -0.4 is 15.2 Å². The van der Waals surface area contributed by atoms with Gasteiger partial charge in [-0.15, -0.1) is 0 Å². The zero-order valence-corrected chi connectivity index (χ0v) is 24.3. The lowest BCUT2D eigenvalue weighted by molar-refractivity contribution is -0.0886. The van der Waals surface area contributed by atoms with Gasteiger partial charge in [0, 0.05) is 24.0 Å². The molecule has 1 atom stereocenters. The summed E-state index contributed by atoms with van der Waals surface area (Å²) in [6.45, 7) is 0. The predicted molar refractivity (Wildman–Crippen MR) is 159 cm³/mol. The second-order valence-corrected chi connectivity index (χ2v) is 12.6. The topological polar surface area (TPSA) is 115 Å². The number of fused-ring (bicyclic) bond motifs is 1. The molecule has 6 rings (SSSR count). The van der Waals surface area contributed by atoms with Gasteiger partial charge in [-0.2, -0.15) is 5.10 Å². The van der Waals surface area contributed by atoms with E-state index >= 15 is 0 Å². The lowest BCUT2D eigenvalue weighted by Crippen LogP contribution is -2.31. The Morgan fingerprint density at radius 2 is 1.82 bits per heavy atom. The first-order valence-corrected chi connectivity index (χ1v) is 15.0. The van der Waals surface area contributed by atoms with Crippen LogP contribution in [0.5, 0.6) is 17.2 Å². The first-order chi connectivity index (χ1) is 19.3. The molecule has 0 amide bonds. The van der Waals surface area contributed by atoms with Crippen LogP contribution in [0.25, 0.3) is 16.6 Å². The monoisotopic (exact) mass is 600 g/mol. The quantitative estimate of drug-likeness (QED) is 0.203. The fourth-order valence-electron chi connectivity index (χ4n) is 6.12. The number of rotatable bonds is 6. The maximum absolute atomic E-state index is 10.7. The zero-order valence-electron chi connectivity index (χ0n) is 21.9. The van der Waals surface area contributed by atoms with E-state index in [1.807, 2.05) is 22.7 Å². The Balaban J connectivity index is 1.54. The molecular formula is C29H30Cl2N4O4S. The smallest absolute Gasteiger partial charge is 0.213 e. The van der Waals surface area contributed by atoms with E-state index in [2.05, 4.69) is 10.1 Å². The molecule has 1 saturated heterocycles. The first-order valence-electron chi connectivity index (χ1n) is 13.3. The summed E-state index contributed by atoms with van der Waals surface area (Å²) >= 11 is 13.4. The van der Waals surface area contributed by atoms with Crippen LogP contribution in [0.1, 0.15) is 61.6 Å². The van der Waals surface area contributed by atoms with Crippen LogP contribution in [0, 0.1) is 0 Å². The Morgan fingerprint density at radius 1 is 1.02 bits per heavy atom. The van der Waals surface area contributed by atoms with Crippen molar-refractivity contribution in [3.05, 3.63) is 64.0 Å². The summed E-state index contributed by atoms with van der Waals surface area (Å²) in [5.74, 6) is 2.76. The van der Waals surface area contributed by atoms with E-state index in [4.69, 9.17) is 38.4 Å². The summed E-state index contributed by atoms with van der Waals surface area (Å²) in [5, 5.41) is 25.0. The molecule has 2 fully saturated rings. The number of aromatic nitrogens is 3. The Hall–Kier alpha value is -2.69. The third kappa shape index (κ3) is 5.10. The molecule has 0 spiro atoms. The normalized spacial score (nSPS) is 19.3. The minimum Gasteiger partial charge on any atom is -0.493 e. The molecule has 2 aromatic heterocycles. The van der Waals surface area contributed by atoms with E-state index in [1.54, 1.807) is 25.3 Å². The molecule has 3 heterocycles. The van der Waals surface area contributed by atoms with Crippen molar-refractivity contribution >= 4 is 46.3 Å². The maximum Gasteiger partial charge on any atom is 0.213 e. The van der Waals surface area contributed by atoms with E-state index < -0.39 is 5.12 Å². The van der Waals surface area contributed by atoms with Gasteiger partial charge in [-0.1, -0.05) is 53.9 Å². The second kappa shape index (κ2) is 10.9. The van der Waals surface area contributed by atoms with Gasteiger partial charge in [-0.25, -0.2) is 9.50 Å². The number of halogens is 2.